The number of anilines is 1. The molecule has 3 rings (SSSR count). The predicted molar refractivity (Wildman–Crippen MR) is 106 cm³/mol. The number of carbonyl (C=O) groups excluding carboxylic acids is 1. The summed E-state index contributed by atoms with van der Waals surface area (Å²) in [6.07, 6.45) is 0. The number of aliphatic carboxylic acids is 1. The Bertz CT molecular complexity index is 877. The number of hydrogen-bond donors (Lipinski definition) is 2. The van der Waals surface area contributed by atoms with Gasteiger partial charge in [-0.15, -0.1) is 11.3 Å². The molecule has 27 heavy (non-hydrogen) atoms. The van der Waals surface area contributed by atoms with E-state index in [1.807, 2.05) is 31.4 Å². The molecule has 1 amide bonds. The predicted octanol–water partition coefficient (Wildman–Crippen LogP) is 4.55. The van der Waals surface area contributed by atoms with Gasteiger partial charge in [-0.25, -0.2) is 9.78 Å². The van der Waals surface area contributed by atoms with Crippen LogP contribution in [0, 0.1) is 0 Å². The molecule has 1 heterocycles. The molecule has 0 atom stereocenters. The Morgan fingerprint density at radius 2 is 1.89 bits per heavy atom. The van der Waals surface area contributed by atoms with Crippen LogP contribution in [0.2, 0.25) is 0 Å². The van der Waals surface area contributed by atoms with Gasteiger partial charge in [-0.2, -0.15) is 0 Å². The highest BCUT2D eigenvalue weighted by Crippen LogP contribution is 2.22. The first kappa shape index (κ1) is 20.1. The van der Waals surface area contributed by atoms with Gasteiger partial charge in [-0.3, -0.25) is 4.79 Å². The number of benzene rings is 2. The van der Waals surface area contributed by atoms with E-state index in [1.165, 1.54) is 17.4 Å². The van der Waals surface area contributed by atoms with Crippen LogP contribution in [0.15, 0.2) is 59.4 Å². The number of amides is 1. The van der Waals surface area contributed by atoms with Gasteiger partial charge in [0, 0.05) is 22.2 Å². The summed E-state index contributed by atoms with van der Waals surface area (Å²) >= 11 is 1.52. The first-order valence-electron chi connectivity index (χ1n) is 8.36. The minimum Gasteiger partial charge on any atom is -0.482 e. The maximum Gasteiger partial charge on any atom is 0.341 e. The summed E-state index contributed by atoms with van der Waals surface area (Å²) in [6, 6.07) is 13.7. The van der Waals surface area contributed by atoms with Crippen LogP contribution in [0.5, 0.6) is 5.75 Å². The number of carboxylic acids is 1. The van der Waals surface area contributed by atoms with E-state index in [9.17, 15) is 9.59 Å². The van der Waals surface area contributed by atoms with Crippen molar-refractivity contribution in [3.8, 4) is 17.0 Å². The third kappa shape index (κ3) is 5.93. The van der Waals surface area contributed by atoms with Gasteiger partial charge in [-0.05, 0) is 30.3 Å². The lowest BCUT2D eigenvalue weighted by Crippen LogP contribution is -2.13. The number of aromatic nitrogens is 1. The van der Waals surface area contributed by atoms with E-state index >= 15 is 0 Å². The molecule has 0 aliphatic rings. The lowest BCUT2D eigenvalue weighted by Gasteiger charge is -2.08. The fourth-order valence-corrected chi connectivity index (χ4v) is 2.72. The molecular weight excluding hydrogens is 364 g/mol. The van der Waals surface area contributed by atoms with Crippen LogP contribution < -0.4 is 10.1 Å². The van der Waals surface area contributed by atoms with Gasteiger partial charge in [0.25, 0.3) is 5.91 Å². The van der Waals surface area contributed by atoms with E-state index in [0.717, 1.165) is 11.3 Å². The number of rotatable bonds is 6. The summed E-state index contributed by atoms with van der Waals surface area (Å²) in [5.41, 5.74) is 4.67. The highest BCUT2D eigenvalue weighted by molar-refractivity contribution is 7.07. The van der Waals surface area contributed by atoms with Gasteiger partial charge in [0.15, 0.2) is 6.61 Å². The van der Waals surface area contributed by atoms with Crippen LogP contribution >= 0.6 is 11.3 Å². The number of thiazole rings is 1. The molecule has 0 aliphatic carbocycles. The molecule has 0 saturated heterocycles. The quantitative estimate of drug-likeness (QED) is 0.651. The molecule has 0 saturated carbocycles. The molecule has 2 aromatic carbocycles. The Labute approximate surface area is 161 Å². The molecule has 7 heteroatoms. The molecule has 6 nitrogen and oxygen atoms in total. The molecule has 0 unspecified atom stereocenters. The van der Waals surface area contributed by atoms with Crippen LogP contribution in [-0.2, 0) is 4.79 Å². The van der Waals surface area contributed by atoms with Crippen molar-refractivity contribution in [2.75, 3.05) is 11.9 Å². The molecule has 1 aromatic heterocycles. The first-order valence-corrected chi connectivity index (χ1v) is 9.31. The van der Waals surface area contributed by atoms with E-state index in [4.69, 9.17) is 9.84 Å². The fraction of sp³-hybridized carbons (Fsp3) is 0.150. The summed E-state index contributed by atoms with van der Waals surface area (Å²) in [5.74, 6) is -1.05. The van der Waals surface area contributed by atoms with E-state index in [0.29, 0.717) is 17.0 Å². The largest absolute Gasteiger partial charge is 0.482 e. The number of nitrogens with one attached hydrogen (secondary N) is 1. The fourth-order valence-electron chi connectivity index (χ4n) is 2.15. The van der Waals surface area contributed by atoms with Gasteiger partial charge in [0.1, 0.15) is 5.75 Å². The van der Waals surface area contributed by atoms with Gasteiger partial charge >= 0.3 is 5.97 Å². The van der Waals surface area contributed by atoms with Gasteiger partial charge in [0.2, 0.25) is 0 Å². The molecule has 3 aromatic rings. The van der Waals surface area contributed by atoms with E-state index < -0.39 is 12.6 Å². The highest BCUT2D eigenvalue weighted by atomic mass is 32.1. The smallest absolute Gasteiger partial charge is 0.341 e. The third-order valence-electron chi connectivity index (χ3n) is 3.33. The Kier molecular flexibility index (Phi) is 7.51. The van der Waals surface area contributed by atoms with E-state index in [2.05, 4.69) is 10.3 Å². The van der Waals surface area contributed by atoms with Crippen molar-refractivity contribution in [1.29, 1.82) is 0 Å². The molecule has 0 aliphatic heterocycles. The van der Waals surface area contributed by atoms with Crippen LogP contribution in [0.25, 0.3) is 11.3 Å². The number of carboxylic acid groups (broad SMARTS) is 1. The monoisotopic (exact) mass is 384 g/mol. The van der Waals surface area contributed by atoms with Crippen molar-refractivity contribution < 1.29 is 19.4 Å². The molecule has 2 N–H and O–H groups in total. The zero-order valence-corrected chi connectivity index (χ0v) is 15.8. The summed E-state index contributed by atoms with van der Waals surface area (Å²) in [5, 5.41) is 13.4. The van der Waals surface area contributed by atoms with Gasteiger partial charge < -0.3 is 15.2 Å². The van der Waals surface area contributed by atoms with Crippen molar-refractivity contribution >= 4 is 28.9 Å². The van der Waals surface area contributed by atoms with Crippen molar-refractivity contribution in [3.05, 3.63) is 65.0 Å². The summed E-state index contributed by atoms with van der Waals surface area (Å²) in [7, 11) is 0. The standard InChI is InChI=1S/C18H14N2O4S.C2H6/c21-17(22)9-24-15-3-1-2-13(8-15)18(23)20-14-6-4-12(5-7-14)16-10-25-11-19-16;1-2/h1-8,10-11H,9H2,(H,20,23)(H,21,22);1-2H3. The maximum absolute atomic E-state index is 12.3. The average Bonchev–Trinajstić information content (AvgIpc) is 3.23. The van der Waals surface area contributed by atoms with E-state index in [1.54, 1.807) is 35.8 Å². The van der Waals surface area contributed by atoms with Crippen molar-refractivity contribution in [2.24, 2.45) is 0 Å². The molecular formula is C20H20N2O4S. The summed E-state index contributed by atoms with van der Waals surface area (Å²) in [4.78, 5) is 27.1. The second-order valence-corrected chi connectivity index (χ2v) is 5.83. The second kappa shape index (κ2) is 10.1. The number of hydrogen-bond acceptors (Lipinski definition) is 5. The van der Waals surface area contributed by atoms with Gasteiger partial charge in [0.05, 0.1) is 11.2 Å². The molecule has 0 radical (unpaired) electrons. The number of nitrogens with zero attached hydrogens (tertiary/aromatic N) is 1. The third-order valence-corrected chi connectivity index (χ3v) is 3.92. The zero-order valence-electron chi connectivity index (χ0n) is 15.0. The second-order valence-electron chi connectivity index (χ2n) is 5.12. The summed E-state index contributed by atoms with van der Waals surface area (Å²) < 4.78 is 5.08. The first-order chi connectivity index (χ1) is 13.1. The number of ether oxygens (including phenoxy) is 1. The van der Waals surface area contributed by atoms with E-state index in [-0.39, 0.29) is 5.91 Å². The highest BCUT2D eigenvalue weighted by Gasteiger charge is 2.09. The molecule has 140 valence electrons. The summed E-state index contributed by atoms with van der Waals surface area (Å²) in [6.45, 7) is 3.54. The van der Waals surface area contributed by atoms with Crippen molar-refractivity contribution in [3.63, 3.8) is 0 Å². The normalized spacial score (nSPS) is 9.70. The minimum absolute atomic E-state index is 0.304. The van der Waals surface area contributed by atoms with Crippen LogP contribution in [0.3, 0.4) is 0 Å². The van der Waals surface area contributed by atoms with Gasteiger partial charge in [-0.1, -0.05) is 32.0 Å². The molecule has 0 spiro atoms. The minimum atomic E-state index is -1.07. The Morgan fingerprint density at radius 1 is 1.15 bits per heavy atom. The lowest BCUT2D eigenvalue weighted by atomic mass is 10.1. The Hall–Kier alpha value is -3.19. The lowest BCUT2D eigenvalue weighted by molar-refractivity contribution is -0.139. The average molecular weight is 384 g/mol. The van der Waals surface area contributed by atoms with Crippen molar-refractivity contribution in [2.45, 2.75) is 13.8 Å². The molecule has 0 bridgehead atoms. The van der Waals surface area contributed by atoms with Crippen LogP contribution in [0.4, 0.5) is 5.69 Å². The molecule has 0 fully saturated rings. The topological polar surface area (TPSA) is 88.5 Å². The van der Waals surface area contributed by atoms with Crippen LogP contribution in [-0.4, -0.2) is 28.6 Å². The number of carbonyl (C=O) groups is 2. The maximum atomic E-state index is 12.3. The van der Waals surface area contributed by atoms with Crippen LogP contribution in [0.1, 0.15) is 24.2 Å². The Morgan fingerprint density at radius 3 is 2.52 bits per heavy atom. The SMILES string of the molecule is CC.O=C(O)COc1cccc(C(=O)Nc2ccc(-c3cscn3)cc2)c1. The Balaban J connectivity index is 0.00000126. The zero-order chi connectivity index (χ0) is 19.6. The van der Waals surface area contributed by atoms with Crippen molar-refractivity contribution in [1.82, 2.24) is 4.98 Å².